The van der Waals surface area contributed by atoms with Gasteiger partial charge in [0.1, 0.15) is 36.7 Å². The maximum Gasteiger partial charge on any atom is 0.361 e. The van der Waals surface area contributed by atoms with E-state index in [0.29, 0.717) is 41.7 Å². The third-order valence-corrected chi connectivity index (χ3v) is 7.92. The van der Waals surface area contributed by atoms with E-state index >= 15 is 0 Å². The minimum absolute atomic E-state index is 0.150. The lowest BCUT2D eigenvalue weighted by atomic mass is 10.1. The summed E-state index contributed by atoms with van der Waals surface area (Å²) in [5, 5.41) is 0.357. The SMILES string of the molecule is CCOP(=O)(OCC)c1cc(C2=N[C@@H](c3ccccc3)CO2)nc(C2=N[C@@H](c3ccccc3)CO2)c1. The van der Waals surface area contributed by atoms with Gasteiger partial charge in [0, 0.05) is 0 Å². The molecule has 0 radical (unpaired) electrons. The Morgan fingerprint density at radius 3 is 1.64 bits per heavy atom. The highest BCUT2D eigenvalue weighted by Crippen LogP contribution is 2.47. The highest BCUT2D eigenvalue weighted by molar-refractivity contribution is 7.62. The Kier molecular flexibility index (Phi) is 7.28. The third-order valence-electron chi connectivity index (χ3n) is 5.83. The van der Waals surface area contributed by atoms with Crippen LogP contribution in [0.1, 0.15) is 48.4 Å². The topological polar surface area (TPSA) is 91.6 Å². The Morgan fingerprint density at radius 2 is 1.22 bits per heavy atom. The summed E-state index contributed by atoms with van der Waals surface area (Å²) in [7, 11) is -3.61. The van der Waals surface area contributed by atoms with Crippen molar-refractivity contribution in [1.29, 1.82) is 0 Å². The van der Waals surface area contributed by atoms with E-state index in [1.807, 2.05) is 60.7 Å². The predicted molar refractivity (Wildman–Crippen MR) is 138 cm³/mol. The van der Waals surface area contributed by atoms with Gasteiger partial charge in [0.05, 0.1) is 18.5 Å². The second-order valence-corrected chi connectivity index (χ2v) is 10.3. The summed E-state index contributed by atoms with van der Waals surface area (Å²) in [6.07, 6.45) is 0. The van der Waals surface area contributed by atoms with Gasteiger partial charge >= 0.3 is 7.60 Å². The zero-order chi connectivity index (χ0) is 25.0. The van der Waals surface area contributed by atoms with Crippen molar-refractivity contribution in [1.82, 2.24) is 4.98 Å². The fourth-order valence-corrected chi connectivity index (χ4v) is 5.75. The monoisotopic (exact) mass is 505 g/mol. The van der Waals surface area contributed by atoms with Crippen molar-refractivity contribution >= 4 is 24.7 Å². The highest BCUT2D eigenvalue weighted by atomic mass is 31.2. The predicted octanol–water partition coefficient (Wildman–Crippen LogP) is 5.01. The summed E-state index contributed by atoms with van der Waals surface area (Å²) in [6, 6.07) is 22.9. The fourth-order valence-electron chi connectivity index (χ4n) is 4.14. The van der Waals surface area contributed by atoms with Crippen molar-refractivity contribution in [2.24, 2.45) is 9.98 Å². The van der Waals surface area contributed by atoms with Gasteiger partial charge in [0.15, 0.2) is 0 Å². The third kappa shape index (κ3) is 5.12. The van der Waals surface area contributed by atoms with Gasteiger partial charge in [-0.05, 0) is 37.1 Å². The summed E-state index contributed by atoms with van der Waals surface area (Å²) in [5.41, 5.74) is 2.95. The molecule has 186 valence electrons. The summed E-state index contributed by atoms with van der Waals surface area (Å²) in [6.45, 7) is 4.79. The summed E-state index contributed by atoms with van der Waals surface area (Å²) < 4.78 is 36.8. The van der Waals surface area contributed by atoms with Gasteiger partial charge in [0.2, 0.25) is 11.8 Å². The molecule has 0 bridgehead atoms. The number of hydrogen-bond donors (Lipinski definition) is 0. The number of ether oxygens (including phenoxy) is 2. The normalized spacial score (nSPS) is 19.4. The van der Waals surface area contributed by atoms with Crippen molar-refractivity contribution in [2.75, 3.05) is 26.4 Å². The van der Waals surface area contributed by atoms with Gasteiger partial charge in [0.25, 0.3) is 0 Å². The summed E-state index contributed by atoms with van der Waals surface area (Å²) in [4.78, 5) is 14.3. The van der Waals surface area contributed by atoms with Gasteiger partial charge < -0.3 is 18.5 Å². The molecule has 5 rings (SSSR count). The molecule has 8 nitrogen and oxygen atoms in total. The van der Waals surface area contributed by atoms with Crippen molar-refractivity contribution in [3.05, 3.63) is 95.3 Å². The molecule has 0 N–H and O–H groups in total. The molecule has 3 aromatic rings. The molecule has 0 saturated heterocycles. The van der Waals surface area contributed by atoms with E-state index in [1.54, 1.807) is 26.0 Å². The molecule has 0 fully saturated rings. The molecule has 0 spiro atoms. The molecule has 0 saturated carbocycles. The van der Waals surface area contributed by atoms with Crippen LogP contribution in [0.3, 0.4) is 0 Å². The standard InChI is InChI=1S/C27H28N3O5P/c1-3-34-36(31,35-4-2)21-15-22(26-29-24(17-32-26)19-11-7-5-8-12-19)28-23(16-21)27-30-25(18-33-27)20-13-9-6-10-14-20/h5-16,24-25H,3-4,17-18H2,1-2H3/t24-,25-/m1/s1. The number of aromatic nitrogens is 1. The molecule has 2 aliphatic rings. The van der Waals surface area contributed by atoms with Crippen LogP contribution in [0.25, 0.3) is 0 Å². The fraction of sp³-hybridized carbons (Fsp3) is 0.296. The van der Waals surface area contributed by atoms with E-state index in [4.69, 9.17) is 33.5 Å². The zero-order valence-electron chi connectivity index (χ0n) is 20.2. The molecule has 0 amide bonds. The van der Waals surface area contributed by atoms with Gasteiger partial charge in [-0.3, -0.25) is 4.57 Å². The van der Waals surface area contributed by atoms with Crippen LogP contribution in [0.4, 0.5) is 0 Å². The second kappa shape index (κ2) is 10.7. The van der Waals surface area contributed by atoms with E-state index in [0.717, 1.165) is 11.1 Å². The average molecular weight is 506 g/mol. The van der Waals surface area contributed by atoms with E-state index in [2.05, 4.69) is 0 Å². The number of rotatable bonds is 9. The average Bonchev–Trinajstić information content (AvgIpc) is 3.61. The van der Waals surface area contributed by atoms with Crippen LogP contribution in [0.5, 0.6) is 0 Å². The van der Waals surface area contributed by atoms with E-state index in [1.165, 1.54) is 0 Å². The Bertz CT molecular complexity index is 1220. The first-order valence-electron chi connectivity index (χ1n) is 12.0. The Hall–Kier alpha value is -3.32. The van der Waals surface area contributed by atoms with Crippen LogP contribution in [0.2, 0.25) is 0 Å². The quantitative estimate of drug-likeness (QED) is 0.380. The highest BCUT2D eigenvalue weighted by Gasteiger charge is 2.32. The van der Waals surface area contributed by atoms with Gasteiger partial charge in [-0.15, -0.1) is 0 Å². The van der Waals surface area contributed by atoms with Crippen LogP contribution >= 0.6 is 7.60 Å². The molecule has 3 heterocycles. The largest absolute Gasteiger partial charge is 0.474 e. The molecular weight excluding hydrogens is 477 g/mol. The number of benzene rings is 2. The molecule has 2 aromatic carbocycles. The first-order chi connectivity index (χ1) is 17.6. The lowest BCUT2D eigenvalue weighted by molar-refractivity contribution is 0.230. The van der Waals surface area contributed by atoms with Gasteiger partial charge in [-0.1, -0.05) is 60.7 Å². The van der Waals surface area contributed by atoms with E-state index in [-0.39, 0.29) is 25.3 Å². The summed E-state index contributed by atoms with van der Waals surface area (Å²) >= 11 is 0. The zero-order valence-corrected chi connectivity index (χ0v) is 21.1. The van der Waals surface area contributed by atoms with Crippen LogP contribution in [-0.2, 0) is 23.1 Å². The molecule has 0 aliphatic carbocycles. The minimum Gasteiger partial charge on any atom is -0.474 e. The smallest absolute Gasteiger partial charge is 0.361 e. The van der Waals surface area contributed by atoms with Crippen molar-refractivity contribution in [3.63, 3.8) is 0 Å². The molecule has 2 atom stereocenters. The van der Waals surface area contributed by atoms with E-state index in [9.17, 15) is 4.57 Å². The Morgan fingerprint density at radius 1 is 0.778 bits per heavy atom. The molecule has 9 heteroatoms. The molecule has 2 aliphatic heterocycles. The lowest BCUT2D eigenvalue weighted by Crippen LogP contribution is -2.19. The van der Waals surface area contributed by atoms with Crippen molar-refractivity contribution in [2.45, 2.75) is 25.9 Å². The number of nitrogens with zero attached hydrogens (tertiary/aromatic N) is 3. The van der Waals surface area contributed by atoms with Crippen molar-refractivity contribution in [3.8, 4) is 0 Å². The second-order valence-electron chi connectivity index (χ2n) is 8.27. The number of pyridine rings is 1. The van der Waals surface area contributed by atoms with Crippen LogP contribution < -0.4 is 5.30 Å². The maximum atomic E-state index is 13.7. The minimum atomic E-state index is -3.61. The number of hydrogen-bond acceptors (Lipinski definition) is 8. The number of aliphatic imine (C=N–C) groups is 2. The molecule has 36 heavy (non-hydrogen) atoms. The molecule has 1 aromatic heterocycles. The first kappa shape index (κ1) is 24.4. The van der Waals surface area contributed by atoms with Gasteiger partial charge in [-0.25, -0.2) is 15.0 Å². The summed E-state index contributed by atoms with van der Waals surface area (Å²) in [5.74, 6) is 0.731. The lowest BCUT2D eigenvalue weighted by Gasteiger charge is -2.18. The molecule has 0 unspecified atom stereocenters. The Labute approximate surface area is 210 Å². The van der Waals surface area contributed by atoms with Gasteiger partial charge in [-0.2, -0.15) is 0 Å². The van der Waals surface area contributed by atoms with E-state index < -0.39 is 7.60 Å². The van der Waals surface area contributed by atoms with Crippen LogP contribution in [0.15, 0.2) is 82.8 Å². The maximum absolute atomic E-state index is 13.7. The van der Waals surface area contributed by atoms with Crippen molar-refractivity contribution < 1.29 is 23.1 Å². The van der Waals surface area contributed by atoms with Crippen LogP contribution in [-0.4, -0.2) is 43.2 Å². The molecular formula is C27H28N3O5P. The first-order valence-corrected chi connectivity index (χ1v) is 13.6. The Balaban J connectivity index is 1.55. The van der Waals surface area contributed by atoms with Crippen LogP contribution in [0, 0.1) is 0 Å².